The van der Waals surface area contributed by atoms with Crippen molar-refractivity contribution in [2.45, 2.75) is 25.3 Å². The van der Waals surface area contributed by atoms with Crippen LogP contribution in [-0.4, -0.2) is 16.0 Å². The van der Waals surface area contributed by atoms with Gasteiger partial charge < -0.3 is 5.32 Å². The van der Waals surface area contributed by atoms with Gasteiger partial charge in [0.05, 0.1) is 5.39 Å². The number of hydrogen-bond acceptors (Lipinski definition) is 4. The summed E-state index contributed by atoms with van der Waals surface area (Å²) in [5, 5.41) is 7.18. The van der Waals surface area contributed by atoms with Gasteiger partial charge in [-0.2, -0.15) is 0 Å². The first kappa shape index (κ1) is 10.9. The Hall–Kier alpha value is -0.870. The second kappa shape index (κ2) is 3.61. The van der Waals surface area contributed by atoms with Gasteiger partial charge in [0.1, 0.15) is 10.6 Å². The largest absolute Gasteiger partial charge is 0.366 e. The average Bonchev–Trinajstić information content (AvgIpc) is 2.81. The maximum Gasteiger partial charge on any atom is 0.225 e. The fraction of sp³-hybridized carbons (Fsp3) is 0.571. The Kier molecular flexibility index (Phi) is 2.06. The van der Waals surface area contributed by atoms with Gasteiger partial charge in [0.15, 0.2) is 0 Å². The first-order valence-electron chi connectivity index (χ1n) is 6.98. The summed E-state index contributed by atoms with van der Waals surface area (Å²) in [7, 11) is 0. The molecule has 3 saturated carbocycles. The average molecular weight is 292 g/mol. The lowest BCUT2D eigenvalue weighted by Gasteiger charge is -2.11. The third kappa shape index (κ3) is 1.44. The fourth-order valence-electron chi connectivity index (χ4n) is 4.62. The first-order valence-corrected chi connectivity index (χ1v) is 8.24. The molecule has 5 rings (SSSR count). The number of anilines is 1. The third-order valence-electron chi connectivity index (χ3n) is 5.34. The Morgan fingerprint density at radius 1 is 1.21 bits per heavy atom. The number of nitrogens with zero attached hydrogens (tertiary/aromatic N) is 2. The Morgan fingerprint density at radius 3 is 2.79 bits per heavy atom. The van der Waals surface area contributed by atoms with Crippen molar-refractivity contribution in [3.63, 3.8) is 0 Å². The maximum atomic E-state index is 6.02. The van der Waals surface area contributed by atoms with Gasteiger partial charge in [-0.3, -0.25) is 0 Å². The van der Waals surface area contributed by atoms with Crippen LogP contribution >= 0.6 is 22.9 Å². The van der Waals surface area contributed by atoms with E-state index in [4.69, 9.17) is 11.6 Å². The fourth-order valence-corrected chi connectivity index (χ4v) is 5.60. The molecule has 3 fully saturated rings. The highest BCUT2D eigenvalue weighted by atomic mass is 35.5. The minimum Gasteiger partial charge on any atom is -0.366 e. The van der Waals surface area contributed by atoms with Gasteiger partial charge in [-0.15, -0.1) is 11.3 Å². The first-order chi connectivity index (χ1) is 9.31. The number of fused-ring (bicyclic) bond motifs is 6. The molecule has 3 aliphatic rings. The van der Waals surface area contributed by atoms with E-state index in [1.54, 1.807) is 11.3 Å². The number of hydrogen-bond donors (Lipinski definition) is 1. The standard InChI is InChI=1S/C14H14ClN3S/c15-14-17-12(8-3-4-19-13(8)18-14)16-11-9-6-1-2-7(5-6)10(9)11/h3-4,6-7,9-11H,1-2,5H2,(H,16,17,18). The molecule has 0 amide bonds. The van der Waals surface area contributed by atoms with Crippen molar-refractivity contribution in [3.05, 3.63) is 16.7 Å². The normalized spacial score (nSPS) is 38.7. The van der Waals surface area contributed by atoms with Gasteiger partial charge in [0, 0.05) is 6.04 Å². The Bertz CT molecular complexity index is 654. The van der Waals surface area contributed by atoms with Crippen molar-refractivity contribution in [1.29, 1.82) is 0 Å². The van der Waals surface area contributed by atoms with Crippen LogP contribution in [0.2, 0.25) is 5.28 Å². The molecule has 2 aromatic rings. The molecule has 0 aromatic carbocycles. The van der Waals surface area contributed by atoms with Crippen molar-refractivity contribution in [2.75, 3.05) is 5.32 Å². The molecule has 0 aliphatic heterocycles. The zero-order chi connectivity index (χ0) is 12.6. The van der Waals surface area contributed by atoms with E-state index in [1.807, 2.05) is 0 Å². The van der Waals surface area contributed by atoms with Crippen LogP contribution in [0.1, 0.15) is 19.3 Å². The van der Waals surface area contributed by atoms with E-state index < -0.39 is 0 Å². The molecule has 4 atom stereocenters. The van der Waals surface area contributed by atoms with Crippen molar-refractivity contribution < 1.29 is 0 Å². The molecule has 0 saturated heterocycles. The molecule has 19 heavy (non-hydrogen) atoms. The predicted molar refractivity (Wildman–Crippen MR) is 77.6 cm³/mol. The van der Waals surface area contributed by atoms with E-state index in [9.17, 15) is 0 Å². The van der Waals surface area contributed by atoms with E-state index in [-0.39, 0.29) is 0 Å². The topological polar surface area (TPSA) is 37.8 Å². The molecular weight excluding hydrogens is 278 g/mol. The van der Waals surface area contributed by atoms with Crippen LogP contribution in [0.25, 0.3) is 10.2 Å². The summed E-state index contributed by atoms with van der Waals surface area (Å²) in [6.07, 6.45) is 4.37. The highest BCUT2D eigenvalue weighted by Crippen LogP contribution is 2.66. The van der Waals surface area contributed by atoms with Crippen molar-refractivity contribution in [3.8, 4) is 0 Å². The molecule has 2 aromatic heterocycles. The van der Waals surface area contributed by atoms with Crippen molar-refractivity contribution in [2.24, 2.45) is 23.7 Å². The lowest BCUT2D eigenvalue weighted by Crippen LogP contribution is -2.14. The van der Waals surface area contributed by atoms with Crippen LogP contribution < -0.4 is 5.32 Å². The number of rotatable bonds is 2. The van der Waals surface area contributed by atoms with Gasteiger partial charge in [-0.05, 0) is 66.0 Å². The van der Waals surface area contributed by atoms with E-state index in [2.05, 4.69) is 26.7 Å². The molecular formula is C14H14ClN3S. The Morgan fingerprint density at radius 2 is 2.00 bits per heavy atom. The van der Waals surface area contributed by atoms with Crippen LogP contribution in [0.5, 0.6) is 0 Å². The number of thiophene rings is 1. The Labute approximate surface area is 120 Å². The molecule has 2 heterocycles. The van der Waals surface area contributed by atoms with Crippen LogP contribution in [0.3, 0.4) is 0 Å². The van der Waals surface area contributed by atoms with Crippen molar-refractivity contribution in [1.82, 2.24) is 9.97 Å². The number of aromatic nitrogens is 2. The molecule has 4 unspecified atom stereocenters. The molecule has 2 bridgehead atoms. The van der Waals surface area contributed by atoms with Gasteiger partial charge >= 0.3 is 0 Å². The van der Waals surface area contributed by atoms with E-state index in [0.29, 0.717) is 11.3 Å². The van der Waals surface area contributed by atoms with Crippen LogP contribution in [-0.2, 0) is 0 Å². The summed E-state index contributed by atoms with van der Waals surface area (Å²) < 4.78 is 0. The summed E-state index contributed by atoms with van der Waals surface area (Å²) in [6.45, 7) is 0. The van der Waals surface area contributed by atoms with E-state index in [0.717, 1.165) is 39.7 Å². The molecule has 98 valence electrons. The smallest absolute Gasteiger partial charge is 0.225 e. The molecule has 3 nitrogen and oxygen atoms in total. The summed E-state index contributed by atoms with van der Waals surface area (Å²) in [5.41, 5.74) is 0. The monoisotopic (exact) mass is 291 g/mol. The zero-order valence-electron chi connectivity index (χ0n) is 10.3. The second-order valence-electron chi connectivity index (χ2n) is 6.14. The van der Waals surface area contributed by atoms with Crippen LogP contribution in [0.4, 0.5) is 5.82 Å². The highest BCUT2D eigenvalue weighted by Gasteiger charge is 2.65. The maximum absolute atomic E-state index is 6.02. The Balaban J connectivity index is 1.49. The van der Waals surface area contributed by atoms with E-state index >= 15 is 0 Å². The quantitative estimate of drug-likeness (QED) is 0.855. The third-order valence-corrected chi connectivity index (χ3v) is 6.31. The molecule has 5 heteroatoms. The molecule has 3 aliphatic carbocycles. The lowest BCUT2D eigenvalue weighted by atomic mass is 10.0. The van der Waals surface area contributed by atoms with Crippen LogP contribution in [0, 0.1) is 23.7 Å². The number of halogens is 1. The van der Waals surface area contributed by atoms with Gasteiger partial charge in [-0.1, -0.05) is 0 Å². The number of nitrogens with one attached hydrogen (secondary N) is 1. The van der Waals surface area contributed by atoms with Gasteiger partial charge in [0.2, 0.25) is 5.28 Å². The molecule has 1 N–H and O–H groups in total. The van der Waals surface area contributed by atoms with E-state index in [1.165, 1.54) is 19.3 Å². The van der Waals surface area contributed by atoms with Gasteiger partial charge in [0.25, 0.3) is 0 Å². The second-order valence-corrected chi connectivity index (χ2v) is 7.37. The van der Waals surface area contributed by atoms with Crippen LogP contribution in [0.15, 0.2) is 11.4 Å². The summed E-state index contributed by atoms with van der Waals surface area (Å²) in [5.74, 6) is 4.70. The molecule has 0 spiro atoms. The lowest BCUT2D eigenvalue weighted by molar-refractivity contribution is 0.456. The summed E-state index contributed by atoms with van der Waals surface area (Å²) in [4.78, 5) is 9.66. The SMILES string of the molecule is Clc1nc(NC2C3C4CCC(C4)C23)c2ccsc2n1. The minimum absolute atomic E-state index is 0.353. The van der Waals surface area contributed by atoms with Gasteiger partial charge in [-0.25, -0.2) is 9.97 Å². The molecule has 0 radical (unpaired) electrons. The predicted octanol–water partition coefficient (Wildman–Crippen LogP) is 3.80. The zero-order valence-corrected chi connectivity index (χ0v) is 11.9. The summed E-state index contributed by atoms with van der Waals surface area (Å²) >= 11 is 7.64. The highest BCUT2D eigenvalue weighted by molar-refractivity contribution is 7.16. The van der Waals surface area contributed by atoms with Crippen molar-refractivity contribution >= 4 is 39.0 Å². The minimum atomic E-state index is 0.353. The summed E-state index contributed by atoms with van der Waals surface area (Å²) in [6, 6.07) is 2.73.